The number of hydrogen-bond acceptors (Lipinski definition) is 1. The average molecular weight is 266 g/mol. The lowest BCUT2D eigenvalue weighted by atomic mass is 10.0. The SMILES string of the molecule is CC(C)c1c(F)ccc(Oc2cccc(F)c2)c1F. The molecule has 0 aliphatic carbocycles. The summed E-state index contributed by atoms with van der Waals surface area (Å²) in [4.78, 5) is 0. The van der Waals surface area contributed by atoms with E-state index in [1.54, 1.807) is 13.8 Å². The summed E-state index contributed by atoms with van der Waals surface area (Å²) in [6, 6.07) is 7.69. The van der Waals surface area contributed by atoms with Gasteiger partial charge in [-0.15, -0.1) is 0 Å². The van der Waals surface area contributed by atoms with Gasteiger partial charge in [0.1, 0.15) is 17.4 Å². The Morgan fingerprint density at radius 2 is 1.74 bits per heavy atom. The molecular formula is C15H13F3O. The molecule has 0 aromatic heterocycles. The van der Waals surface area contributed by atoms with E-state index in [0.717, 1.165) is 12.1 Å². The summed E-state index contributed by atoms with van der Waals surface area (Å²) in [6.45, 7) is 3.38. The van der Waals surface area contributed by atoms with Crippen LogP contribution < -0.4 is 4.74 Å². The maximum Gasteiger partial charge on any atom is 0.172 e. The minimum atomic E-state index is -0.751. The molecule has 0 aliphatic heterocycles. The molecule has 2 rings (SSSR count). The van der Waals surface area contributed by atoms with E-state index >= 15 is 0 Å². The van der Waals surface area contributed by atoms with Crippen LogP contribution in [0.5, 0.6) is 11.5 Å². The molecule has 0 N–H and O–H groups in total. The van der Waals surface area contributed by atoms with Gasteiger partial charge >= 0.3 is 0 Å². The molecule has 0 heterocycles. The summed E-state index contributed by atoms with van der Waals surface area (Å²) in [5.74, 6) is -2.10. The molecule has 0 saturated heterocycles. The second kappa shape index (κ2) is 5.34. The molecule has 0 atom stereocenters. The van der Waals surface area contributed by atoms with Crippen molar-refractivity contribution in [2.75, 3.05) is 0 Å². The summed E-state index contributed by atoms with van der Waals surface area (Å²) in [7, 11) is 0. The van der Waals surface area contributed by atoms with Crippen LogP contribution in [0.4, 0.5) is 13.2 Å². The van der Waals surface area contributed by atoms with Crippen molar-refractivity contribution < 1.29 is 17.9 Å². The van der Waals surface area contributed by atoms with Gasteiger partial charge in [-0.2, -0.15) is 0 Å². The molecule has 0 bridgehead atoms. The summed E-state index contributed by atoms with van der Waals surface area (Å²) in [6.07, 6.45) is 0. The monoisotopic (exact) mass is 266 g/mol. The van der Waals surface area contributed by atoms with Gasteiger partial charge in [0, 0.05) is 11.6 Å². The summed E-state index contributed by atoms with van der Waals surface area (Å²) in [5.41, 5.74) is -0.0334. The highest BCUT2D eigenvalue weighted by Gasteiger charge is 2.17. The standard InChI is InChI=1S/C15H13F3O/c1-9(2)14-12(17)6-7-13(15(14)18)19-11-5-3-4-10(16)8-11/h3-9H,1-2H3. The Hall–Kier alpha value is -1.97. The van der Waals surface area contributed by atoms with E-state index in [0.29, 0.717) is 0 Å². The van der Waals surface area contributed by atoms with Gasteiger partial charge in [-0.1, -0.05) is 19.9 Å². The highest BCUT2D eigenvalue weighted by molar-refractivity contribution is 5.37. The Morgan fingerprint density at radius 1 is 1.00 bits per heavy atom. The van der Waals surface area contributed by atoms with Crippen LogP contribution in [0, 0.1) is 17.5 Å². The number of rotatable bonds is 3. The van der Waals surface area contributed by atoms with Gasteiger partial charge in [0.05, 0.1) is 0 Å². The van der Waals surface area contributed by atoms with Crippen LogP contribution in [0.1, 0.15) is 25.3 Å². The molecule has 0 amide bonds. The molecule has 0 aliphatic rings. The Kier molecular flexibility index (Phi) is 3.79. The molecular weight excluding hydrogens is 253 g/mol. The predicted molar refractivity (Wildman–Crippen MR) is 66.9 cm³/mol. The summed E-state index contributed by atoms with van der Waals surface area (Å²) >= 11 is 0. The normalized spacial score (nSPS) is 10.8. The third-order valence-corrected chi connectivity index (χ3v) is 2.69. The van der Waals surface area contributed by atoms with Crippen LogP contribution in [0.3, 0.4) is 0 Å². The Bertz CT molecular complexity index is 594. The molecule has 2 aromatic carbocycles. The van der Waals surface area contributed by atoms with Crippen LogP contribution in [0.25, 0.3) is 0 Å². The molecule has 19 heavy (non-hydrogen) atoms. The van der Waals surface area contributed by atoms with E-state index in [2.05, 4.69) is 0 Å². The van der Waals surface area contributed by atoms with Crippen molar-refractivity contribution in [1.29, 1.82) is 0 Å². The first-order chi connectivity index (χ1) is 8.99. The maximum atomic E-state index is 14.1. The van der Waals surface area contributed by atoms with Crippen LogP contribution in [0.15, 0.2) is 36.4 Å². The van der Waals surface area contributed by atoms with Crippen molar-refractivity contribution in [3.05, 3.63) is 59.4 Å². The first-order valence-corrected chi connectivity index (χ1v) is 5.90. The van der Waals surface area contributed by atoms with Gasteiger partial charge in [-0.05, 0) is 30.2 Å². The van der Waals surface area contributed by atoms with E-state index in [1.807, 2.05) is 0 Å². The summed E-state index contributed by atoms with van der Waals surface area (Å²) < 4.78 is 45.9. The third kappa shape index (κ3) is 2.89. The fraction of sp³-hybridized carbons (Fsp3) is 0.200. The second-order valence-corrected chi connectivity index (χ2v) is 4.49. The largest absolute Gasteiger partial charge is 0.454 e. The van der Waals surface area contributed by atoms with E-state index < -0.39 is 17.5 Å². The minimum Gasteiger partial charge on any atom is -0.454 e. The van der Waals surface area contributed by atoms with Crippen LogP contribution in [0.2, 0.25) is 0 Å². The zero-order valence-electron chi connectivity index (χ0n) is 10.6. The van der Waals surface area contributed by atoms with Gasteiger partial charge in [0.15, 0.2) is 11.6 Å². The number of hydrogen-bond donors (Lipinski definition) is 0. The van der Waals surface area contributed by atoms with Crippen molar-refractivity contribution in [3.63, 3.8) is 0 Å². The van der Waals surface area contributed by atoms with E-state index in [-0.39, 0.29) is 23.0 Å². The smallest absolute Gasteiger partial charge is 0.172 e. The van der Waals surface area contributed by atoms with Crippen molar-refractivity contribution in [2.45, 2.75) is 19.8 Å². The molecule has 0 unspecified atom stereocenters. The highest BCUT2D eigenvalue weighted by Crippen LogP contribution is 2.31. The molecule has 100 valence electrons. The molecule has 0 spiro atoms. The van der Waals surface area contributed by atoms with Crippen LogP contribution in [-0.2, 0) is 0 Å². The van der Waals surface area contributed by atoms with Gasteiger partial charge in [-0.25, -0.2) is 13.2 Å². The minimum absolute atomic E-state index is 0.0334. The molecule has 0 saturated carbocycles. The lowest BCUT2D eigenvalue weighted by Gasteiger charge is -2.13. The van der Waals surface area contributed by atoms with Gasteiger partial charge in [-0.3, -0.25) is 0 Å². The van der Waals surface area contributed by atoms with E-state index in [1.165, 1.54) is 24.3 Å². The van der Waals surface area contributed by atoms with Crippen molar-refractivity contribution in [2.24, 2.45) is 0 Å². The van der Waals surface area contributed by atoms with Crippen molar-refractivity contribution >= 4 is 0 Å². The lowest BCUT2D eigenvalue weighted by molar-refractivity contribution is 0.426. The zero-order chi connectivity index (χ0) is 14.0. The number of benzene rings is 2. The quantitative estimate of drug-likeness (QED) is 0.758. The van der Waals surface area contributed by atoms with Crippen LogP contribution in [-0.4, -0.2) is 0 Å². The van der Waals surface area contributed by atoms with Crippen LogP contribution >= 0.6 is 0 Å². The molecule has 1 nitrogen and oxygen atoms in total. The van der Waals surface area contributed by atoms with E-state index in [4.69, 9.17) is 4.74 Å². The first-order valence-electron chi connectivity index (χ1n) is 5.90. The molecule has 4 heteroatoms. The van der Waals surface area contributed by atoms with Crippen molar-refractivity contribution in [3.8, 4) is 11.5 Å². The molecule has 2 aromatic rings. The van der Waals surface area contributed by atoms with Gasteiger partial charge in [0.25, 0.3) is 0 Å². The topological polar surface area (TPSA) is 9.23 Å². The molecule has 0 fully saturated rings. The third-order valence-electron chi connectivity index (χ3n) is 2.69. The van der Waals surface area contributed by atoms with E-state index in [9.17, 15) is 13.2 Å². The van der Waals surface area contributed by atoms with Gasteiger partial charge < -0.3 is 4.74 Å². The summed E-state index contributed by atoms with van der Waals surface area (Å²) in [5, 5.41) is 0. The Labute approximate surface area is 109 Å². The predicted octanol–water partition coefficient (Wildman–Crippen LogP) is 5.02. The first kappa shape index (κ1) is 13.5. The number of halogens is 3. The molecule has 0 radical (unpaired) electrons. The van der Waals surface area contributed by atoms with Crippen molar-refractivity contribution in [1.82, 2.24) is 0 Å². The Morgan fingerprint density at radius 3 is 2.37 bits per heavy atom. The van der Waals surface area contributed by atoms with Gasteiger partial charge in [0.2, 0.25) is 0 Å². The fourth-order valence-electron chi connectivity index (χ4n) is 1.81. The zero-order valence-corrected chi connectivity index (χ0v) is 10.6. The lowest BCUT2D eigenvalue weighted by Crippen LogP contribution is -2.00. The second-order valence-electron chi connectivity index (χ2n) is 4.49. The average Bonchev–Trinajstić information content (AvgIpc) is 2.32. The fourth-order valence-corrected chi connectivity index (χ4v) is 1.81. The Balaban J connectivity index is 2.39. The number of ether oxygens (including phenoxy) is 1. The maximum absolute atomic E-state index is 14.1. The highest BCUT2D eigenvalue weighted by atomic mass is 19.1.